The number of hydrogen-bond donors (Lipinski definition) is 1. The van der Waals surface area contributed by atoms with E-state index in [1.165, 1.54) is 5.56 Å². The van der Waals surface area contributed by atoms with Crippen molar-refractivity contribution < 1.29 is 9.32 Å². The standard InChI is InChI=1S/C21H23ClN4O2/c1-13-8-14(2)20(15(3)9-13)23-18(27)11-26(4)12-19-24-21(25-28-19)16-6-5-7-17(22)10-16/h5-10H,11-12H2,1-4H3,(H,23,27). The molecule has 0 spiro atoms. The number of likely N-dealkylation sites (N-methyl/N-ethyl adjacent to an activating group) is 1. The van der Waals surface area contributed by atoms with Crippen molar-refractivity contribution in [2.75, 3.05) is 18.9 Å². The molecule has 0 atom stereocenters. The number of rotatable bonds is 6. The van der Waals surface area contributed by atoms with Crippen LogP contribution in [0.3, 0.4) is 0 Å². The molecule has 0 fully saturated rings. The van der Waals surface area contributed by atoms with E-state index in [-0.39, 0.29) is 12.5 Å². The van der Waals surface area contributed by atoms with Gasteiger partial charge in [0.05, 0.1) is 13.1 Å². The number of halogens is 1. The second-order valence-electron chi connectivity index (χ2n) is 7.02. The summed E-state index contributed by atoms with van der Waals surface area (Å²) in [5.41, 5.74) is 4.93. The molecule has 0 aliphatic heterocycles. The van der Waals surface area contributed by atoms with Crippen LogP contribution in [-0.2, 0) is 11.3 Å². The molecule has 146 valence electrons. The summed E-state index contributed by atoms with van der Waals surface area (Å²) in [5, 5.41) is 7.60. The quantitative estimate of drug-likeness (QED) is 0.666. The van der Waals surface area contributed by atoms with Crippen molar-refractivity contribution >= 4 is 23.2 Å². The predicted octanol–water partition coefficient (Wildman–Crippen LogP) is 4.39. The summed E-state index contributed by atoms with van der Waals surface area (Å²) in [7, 11) is 1.83. The van der Waals surface area contributed by atoms with E-state index in [0.29, 0.717) is 23.3 Å². The monoisotopic (exact) mass is 398 g/mol. The number of aryl methyl sites for hydroxylation is 3. The van der Waals surface area contributed by atoms with Crippen LogP contribution in [0, 0.1) is 20.8 Å². The Kier molecular flexibility index (Phi) is 6.11. The maximum Gasteiger partial charge on any atom is 0.241 e. The zero-order valence-corrected chi connectivity index (χ0v) is 17.2. The zero-order valence-electron chi connectivity index (χ0n) is 16.4. The van der Waals surface area contributed by atoms with Gasteiger partial charge < -0.3 is 9.84 Å². The highest BCUT2D eigenvalue weighted by Crippen LogP contribution is 2.22. The van der Waals surface area contributed by atoms with Crippen LogP contribution >= 0.6 is 11.6 Å². The highest BCUT2D eigenvalue weighted by molar-refractivity contribution is 6.30. The minimum Gasteiger partial charge on any atom is -0.338 e. The number of benzene rings is 2. The van der Waals surface area contributed by atoms with Crippen LogP contribution in [0.15, 0.2) is 40.9 Å². The fraction of sp³-hybridized carbons (Fsp3) is 0.286. The van der Waals surface area contributed by atoms with Gasteiger partial charge in [0.15, 0.2) is 0 Å². The molecule has 1 aromatic heterocycles. The van der Waals surface area contributed by atoms with E-state index in [2.05, 4.69) is 27.6 Å². The number of anilines is 1. The highest BCUT2D eigenvalue weighted by Gasteiger charge is 2.14. The molecule has 0 aliphatic carbocycles. The van der Waals surface area contributed by atoms with Crippen molar-refractivity contribution in [1.29, 1.82) is 0 Å². The maximum atomic E-state index is 12.4. The van der Waals surface area contributed by atoms with E-state index in [0.717, 1.165) is 22.4 Å². The average Bonchev–Trinajstić information content (AvgIpc) is 3.06. The topological polar surface area (TPSA) is 71.3 Å². The molecule has 0 aliphatic rings. The average molecular weight is 399 g/mol. The van der Waals surface area contributed by atoms with E-state index in [1.807, 2.05) is 44.9 Å². The van der Waals surface area contributed by atoms with Gasteiger partial charge in [-0.05, 0) is 51.1 Å². The minimum absolute atomic E-state index is 0.0906. The Balaban J connectivity index is 1.60. The zero-order chi connectivity index (χ0) is 20.3. The first-order chi connectivity index (χ1) is 13.3. The Morgan fingerprint density at radius 1 is 1.18 bits per heavy atom. The van der Waals surface area contributed by atoms with Crippen LogP contribution in [0.5, 0.6) is 0 Å². The van der Waals surface area contributed by atoms with Gasteiger partial charge in [0.2, 0.25) is 17.6 Å². The Bertz CT molecular complexity index is 977. The molecule has 0 saturated heterocycles. The molecule has 0 saturated carbocycles. The van der Waals surface area contributed by atoms with Gasteiger partial charge in [-0.25, -0.2) is 0 Å². The third-order valence-corrected chi connectivity index (χ3v) is 4.55. The first-order valence-corrected chi connectivity index (χ1v) is 9.34. The lowest BCUT2D eigenvalue weighted by atomic mass is 10.1. The third-order valence-electron chi connectivity index (χ3n) is 4.31. The minimum atomic E-state index is -0.0906. The van der Waals surface area contributed by atoms with Gasteiger partial charge in [-0.3, -0.25) is 9.69 Å². The lowest BCUT2D eigenvalue weighted by Crippen LogP contribution is -2.30. The molecule has 0 unspecified atom stereocenters. The van der Waals surface area contributed by atoms with Crippen molar-refractivity contribution in [3.05, 3.63) is 64.0 Å². The van der Waals surface area contributed by atoms with Crippen molar-refractivity contribution in [3.63, 3.8) is 0 Å². The number of nitrogens with zero attached hydrogens (tertiary/aromatic N) is 3. The van der Waals surface area contributed by atoms with Crippen molar-refractivity contribution in [3.8, 4) is 11.4 Å². The Hall–Kier alpha value is -2.70. The van der Waals surface area contributed by atoms with Gasteiger partial charge in [-0.15, -0.1) is 0 Å². The summed E-state index contributed by atoms with van der Waals surface area (Å²) >= 11 is 6.00. The van der Waals surface area contributed by atoms with Crippen LogP contribution in [0.25, 0.3) is 11.4 Å². The second-order valence-corrected chi connectivity index (χ2v) is 7.45. The summed E-state index contributed by atoms with van der Waals surface area (Å²) in [4.78, 5) is 18.6. The molecule has 3 aromatic rings. The fourth-order valence-corrected chi connectivity index (χ4v) is 3.34. The normalized spacial score (nSPS) is 11.1. The first kappa shape index (κ1) is 20.0. The molecule has 1 N–H and O–H groups in total. The maximum absolute atomic E-state index is 12.4. The highest BCUT2D eigenvalue weighted by atomic mass is 35.5. The van der Waals surface area contributed by atoms with Crippen LogP contribution in [0.4, 0.5) is 5.69 Å². The number of hydrogen-bond acceptors (Lipinski definition) is 5. The Labute approximate surface area is 169 Å². The van der Waals surface area contributed by atoms with Crippen molar-refractivity contribution in [2.45, 2.75) is 27.3 Å². The van der Waals surface area contributed by atoms with Gasteiger partial charge in [0, 0.05) is 16.3 Å². The largest absolute Gasteiger partial charge is 0.338 e. The van der Waals surface area contributed by atoms with E-state index >= 15 is 0 Å². The van der Waals surface area contributed by atoms with Crippen molar-refractivity contribution in [2.24, 2.45) is 0 Å². The Morgan fingerprint density at radius 2 is 1.89 bits per heavy atom. The fourth-order valence-electron chi connectivity index (χ4n) is 3.15. The lowest BCUT2D eigenvalue weighted by molar-refractivity contribution is -0.117. The molecule has 0 radical (unpaired) electrons. The smallest absolute Gasteiger partial charge is 0.241 e. The molecular weight excluding hydrogens is 376 g/mol. The molecule has 1 heterocycles. The van der Waals surface area contributed by atoms with E-state index in [9.17, 15) is 4.79 Å². The number of amides is 1. The van der Waals surface area contributed by atoms with Gasteiger partial charge >= 0.3 is 0 Å². The van der Waals surface area contributed by atoms with Crippen LogP contribution in [-0.4, -0.2) is 34.5 Å². The van der Waals surface area contributed by atoms with E-state index < -0.39 is 0 Å². The lowest BCUT2D eigenvalue weighted by Gasteiger charge is -2.16. The van der Waals surface area contributed by atoms with Crippen LogP contribution in [0.1, 0.15) is 22.6 Å². The molecule has 0 bridgehead atoms. The summed E-state index contributed by atoms with van der Waals surface area (Å²) in [5.74, 6) is 0.821. The number of carbonyl (C=O) groups is 1. The van der Waals surface area contributed by atoms with Gasteiger partial charge in [-0.1, -0.05) is 46.6 Å². The molecule has 6 nitrogen and oxygen atoms in total. The van der Waals surface area contributed by atoms with Crippen LogP contribution in [0.2, 0.25) is 5.02 Å². The molecular formula is C21H23ClN4O2. The third kappa shape index (κ3) is 4.97. The van der Waals surface area contributed by atoms with Gasteiger partial charge in [-0.2, -0.15) is 4.98 Å². The Morgan fingerprint density at radius 3 is 2.57 bits per heavy atom. The molecule has 1 amide bonds. The van der Waals surface area contributed by atoms with Gasteiger partial charge in [0.25, 0.3) is 0 Å². The predicted molar refractivity (Wildman–Crippen MR) is 110 cm³/mol. The summed E-state index contributed by atoms with van der Waals surface area (Å²) in [6.07, 6.45) is 0. The van der Waals surface area contributed by atoms with E-state index in [1.54, 1.807) is 12.1 Å². The van der Waals surface area contributed by atoms with Crippen LogP contribution < -0.4 is 5.32 Å². The number of aromatic nitrogens is 2. The first-order valence-electron chi connectivity index (χ1n) is 8.96. The van der Waals surface area contributed by atoms with Gasteiger partial charge in [0.1, 0.15) is 0 Å². The molecule has 28 heavy (non-hydrogen) atoms. The summed E-state index contributed by atoms with van der Waals surface area (Å²) in [6, 6.07) is 11.4. The molecule has 3 rings (SSSR count). The molecule has 2 aromatic carbocycles. The summed E-state index contributed by atoms with van der Waals surface area (Å²) in [6.45, 7) is 6.61. The van der Waals surface area contributed by atoms with Crippen molar-refractivity contribution in [1.82, 2.24) is 15.0 Å². The SMILES string of the molecule is Cc1cc(C)c(NC(=O)CN(C)Cc2nc(-c3cccc(Cl)c3)no2)c(C)c1. The summed E-state index contributed by atoms with van der Waals surface area (Å²) < 4.78 is 5.30. The molecule has 7 heteroatoms. The number of nitrogens with one attached hydrogen (secondary N) is 1. The second kappa shape index (κ2) is 8.54. The number of carbonyl (C=O) groups excluding carboxylic acids is 1. The van der Waals surface area contributed by atoms with E-state index in [4.69, 9.17) is 16.1 Å².